The van der Waals surface area contributed by atoms with Crippen molar-refractivity contribution in [1.82, 2.24) is 0 Å². The number of carbonyl (C=O) groups is 1. The van der Waals surface area contributed by atoms with E-state index < -0.39 is 0 Å². The Morgan fingerprint density at radius 2 is 1.70 bits per heavy atom. The van der Waals surface area contributed by atoms with Crippen LogP contribution in [0.3, 0.4) is 0 Å². The molecule has 1 heterocycles. The molecule has 120 valence electrons. The molecule has 2 N–H and O–H groups in total. The van der Waals surface area contributed by atoms with E-state index >= 15 is 0 Å². The molecule has 23 heavy (non-hydrogen) atoms. The zero-order valence-corrected chi connectivity index (χ0v) is 13.0. The van der Waals surface area contributed by atoms with E-state index in [1.807, 2.05) is 42.5 Å². The Morgan fingerprint density at radius 1 is 1.04 bits per heavy atom. The molecule has 2 aromatic rings. The highest BCUT2D eigenvalue weighted by Crippen LogP contribution is 2.14. The minimum atomic E-state index is -0.212. The third-order valence-electron chi connectivity index (χ3n) is 4.13. The molecule has 1 aliphatic rings. The van der Waals surface area contributed by atoms with Crippen molar-refractivity contribution in [3.8, 4) is 0 Å². The van der Waals surface area contributed by atoms with Crippen LogP contribution in [-0.4, -0.2) is 38.6 Å². The molecule has 1 aliphatic heterocycles. The van der Waals surface area contributed by atoms with E-state index in [1.165, 1.54) is 17.0 Å². The number of carbonyl (C=O) groups excluding carboxylic acids is 1. The average Bonchev–Trinajstić information content (AvgIpc) is 2.57. The fourth-order valence-corrected chi connectivity index (χ4v) is 2.86. The summed E-state index contributed by atoms with van der Waals surface area (Å²) in [6.07, 6.45) is 0. The van der Waals surface area contributed by atoms with Crippen molar-refractivity contribution in [1.29, 1.82) is 0 Å². The van der Waals surface area contributed by atoms with Gasteiger partial charge >= 0.3 is 0 Å². The Morgan fingerprint density at radius 3 is 2.35 bits per heavy atom. The maximum Gasteiger partial charge on any atom is 0.279 e. The van der Waals surface area contributed by atoms with E-state index in [0.717, 1.165) is 37.6 Å². The van der Waals surface area contributed by atoms with Gasteiger partial charge in [-0.2, -0.15) is 0 Å². The number of piperazine rings is 1. The summed E-state index contributed by atoms with van der Waals surface area (Å²) in [5.74, 6) is -0.169. The van der Waals surface area contributed by atoms with Gasteiger partial charge in [-0.1, -0.05) is 18.2 Å². The van der Waals surface area contributed by atoms with Crippen LogP contribution in [0.4, 0.5) is 15.8 Å². The van der Waals surface area contributed by atoms with Crippen molar-refractivity contribution in [3.05, 3.63) is 60.4 Å². The van der Waals surface area contributed by atoms with Gasteiger partial charge in [0.05, 0.1) is 26.2 Å². The largest absolute Gasteiger partial charge is 0.360 e. The van der Waals surface area contributed by atoms with E-state index in [1.54, 1.807) is 0 Å². The van der Waals surface area contributed by atoms with Crippen molar-refractivity contribution in [2.75, 3.05) is 42.9 Å². The van der Waals surface area contributed by atoms with Gasteiger partial charge in [-0.3, -0.25) is 4.79 Å². The SMILES string of the molecule is O=C(C[NH+]1CCN(c2ccc(F)cc2)CC1)Nc1ccccc1. The second kappa shape index (κ2) is 7.24. The Hall–Kier alpha value is -2.40. The van der Waals surface area contributed by atoms with Gasteiger partial charge in [0, 0.05) is 11.4 Å². The first-order valence-corrected chi connectivity index (χ1v) is 7.90. The fraction of sp³-hybridized carbons (Fsp3) is 0.278. The van der Waals surface area contributed by atoms with Gasteiger partial charge in [0.25, 0.3) is 5.91 Å². The number of anilines is 2. The molecular formula is C18H21FN3O+. The van der Waals surface area contributed by atoms with Gasteiger partial charge in [-0.25, -0.2) is 4.39 Å². The number of hydrogen-bond donors (Lipinski definition) is 2. The molecule has 0 radical (unpaired) electrons. The number of para-hydroxylation sites is 1. The summed E-state index contributed by atoms with van der Waals surface area (Å²) in [7, 11) is 0. The first kappa shape index (κ1) is 15.5. The van der Waals surface area contributed by atoms with E-state index in [-0.39, 0.29) is 11.7 Å². The van der Waals surface area contributed by atoms with Crippen LogP contribution < -0.4 is 15.1 Å². The topological polar surface area (TPSA) is 36.8 Å². The Labute approximate surface area is 135 Å². The molecule has 3 rings (SSSR count). The number of benzene rings is 2. The summed E-state index contributed by atoms with van der Waals surface area (Å²) in [6.45, 7) is 4.03. The molecule has 0 aliphatic carbocycles. The molecule has 0 aromatic heterocycles. The highest BCUT2D eigenvalue weighted by Gasteiger charge is 2.22. The lowest BCUT2D eigenvalue weighted by atomic mass is 10.2. The number of nitrogens with one attached hydrogen (secondary N) is 2. The second-order valence-corrected chi connectivity index (χ2v) is 5.80. The molecule has 0 saturated carbocycles. The van der Waals surface area contributed by atoms with Crippen LogP contribution in [0, 0.1) is 5.82 Å². The zero-order chi connectivity index (χ0) is 16.1. The van der Waals surface area contributed by atoms with Crippen LogP contribution in [0.5, 0.6) is 0 Å². The van der Waals surface area contributed by atoms with E-state index in [2.05, 4.69) is 10.2 Å². The quantitative estimate of drug-likeness (QED) is 0.889. The predicted molar refractivity (Wildman–Crippen MR) is 89.2 cm³/mol. The number of halogens is 1. The number of hydrogen-bond acceptors (Lipinski definition) is 2. The van der Waals surface area contributed by atoms with E-state index in [0.29, 0.717) is 6.54 Å². The summed E-state index contributed by atoms with van der Waals surface area (Å²) in [4.78, 5) is 15.6. The van der Waals surface area contributed by atoms with Gasteiger partial charge < -0.3 is 15.1 Å². The minimum Gasteiger partial charge on any atom is -0.360 e. The Kier molecular flexibility index (Phi) is 4.88. The summed E-state index contributed by atoms with van der Waals surface area (Å²) >= 11 is 0. The summed E-state index contributed by atoms with van der Waals surface area (Å²) in [5, 5.41) is 2.92. The molecule has 0 unspecified atom stereocenters. The Bertz CT molecular complexity index is 637. The van der Waals surface area contributed by atoms with Gasteiger partial charge in [-0.05, 0) is 36.4 Å². The zero-order valence-electron chi connectivity index (χ0n) is 13.0. The van der Waals surface area contributed by atoms with Crippen LogP contribution in [0.25, 0.3) is 0 Å². The number of rotatable bonds is 4. The molecular weight excluding hydrogens is 293 g/mol. The standard InChI is InChI=1S/C18H20FN3O/c19-15-6-8-17(9-7-15)22-12-10-21(11-13-22)14-18(23)20-16-4-2-1-3-5-16/h1-9H,10-14H2,(H,20,23)/p+1. The molecule has 4 nitrogen and oxygen atoms in total. The van der Waals surface area contributed by atoms with Gasteiger partial charge in [0.2, 0.25) is 0 Å². The molecule has 1 amide bonds. The molecule has 0 bridgehead atoms. The second-order valence-electron chi connectivity index (χ2n) is 5.80. The summed E-state index contributed by atoms with van der Waals surface area (Å²) < 4.78 is 13.0. The highest BCUT2D eigenvalue weighted by molar-refractivity contribution is 5.91. The maximum absolute atomic E-state index is 13.0. The normalized spacial score (nSPS) is 15.4. The highest BCUT2D eigenvalue weighted by atomic mass is 19.1. The van der Waals surface area contributed by atoms with Gasteiger partial charge in [0.1, 0.15) is 5.82 Å². The Balaban J connectivity index is 1.47. The number of nitrogens with zero attached hydrogens (tertiary/aromatic N) is 1. The smallest absolute Gasteiger partial charge is 0.279 e. The number of amides is 1. The third kappa shape index (κ3) is 4.29. The van der Waals surface area contributed by atoms with Crippen molar-refractivity contribution >= 4 is 17.3 Å². The summed E-state index contributed by atoms with van der Waals surface area (Å²) in [6, 6.07) is 16.1. The fourth-order valence-electron chi connectivity index (χ4n) is 2.86. The van der Waals surface area contributed by atoms with E-state index in [4.69, 9.17) is 0 Å². The first-order chi connectivity index (χ1) is 11.2. The lowest BCUT2D eigenvalue weighted by Gasteiger charge is -2.33. The molecule has 0 atom stereocenters. The first-order valence-electron chi connectivity index (χ1n) is 7.90. The average molecular weight is 314 g/mol. The van der Waals surface area contributed by atoms with Crippen LogP contribution >= 0.6 is 0 Å². The van der Waals surface area contributed by atoms with Crippen LogP contribution in [0.15, 0.2) is 54.6 Å². The van der Waals surface area contributed by atoms with Gasteiger partial charge in [0.15, 0.2) is 6.54 Å². The predicted octanol–water partition coefficient (Wildman–Crippen LogP) is 1.17. The monoisotopic (exact) mass is 314 g/mol. The molecule has 0 spiro atoms. The van der Waals surface area contributed by atoms with Crippen LogP contribution in [0.2, 0.25) is 0 Å². The molecule has 1 saturated heterocycles. The molecule has 5 heteroatoms. The number of quaternary nitrogens is 1. The molecule has 1 fully saturated rings. The van der Waals surface area contributed by atoms with Crippen molar-refractivity contribution < 1.29 is 14.1 Å². The van der Waals surface area contributed by atoms with Crippen molar-refractivity contribution in [3.63, 3.8) is 0 Å². The van der Waals surface area contributed by atoms with Crippen LogP contribution in [-0.2, 0) is 4.79 Å². The lowest BCUT2D eigenvalue weighted by molar-refractivity contribution is -0.892. The third-order valence-corrected chi connectivity index (χ3v) is 4.13. The van der Waals surface area contributed by atoms with Crippen molar-refractivity contribution in [2.24, 2.45) is 0 Å². The molecule has 2 aromatic carbocycles. The van der Waals surface area contributed by atoms with Gasteiger partial charge in [-0.15, -0.1) is 0 Å². The van der Waals surface area contributed by atoms with Crippen LogP contribution in [0.1, 0.15) is 0 Å². The summed E-state index contributed by atoms with van der Waals surface area (Å²) in [5.41, 5.74) is 1.88. The van der Waals surface area contributed by atoms with E-state index in [9.17, 15) is 9.18 Å². The lowest BCUT2D eigenvalue weighted by Crippen LogP contribution is -3.15. The van der Waals surface area contributed by atoms with Crippen molar-refractivity contribution in [2.45, 2.75) is 0 Å². The minimum absolute atomic E-state index is 0.0430. The maximum atomic E-state index is 13.0.